The summed E-state index contributed by atoms with van der Waals surface area (Å²) >= 11 is 1.68. The average molecular weight is 338 g/mol. The third-order valence-electron chi connectivity index (χ3n) is 4.62. The minimum atomic E-state index is 0.966. The van der Waals surface area contributed by atoms with Crippen molar-refractivity contribution >= 4 is 27.9 Å². The molecule has 1 aliphatic heterocycles. The highest BCUT2D eigenvalue weighted by Gasteiger charge is 2.18. The molecule has 5 heteroatoms. The highest BCUT2D eigenvalue weighted by molar-refractivity contribution is 7.07. The van der Waals surface area contributed by atoms with Crippen molar-refractivity contribution in [2.45, 2.75) is 19.9 Å². The number of hydrogen-bond acceptors (Lipinski definition) is 5. The predicted octanol–water partition coefficient (Wildman–Crippen LogP) is 3.71. The fourth-order valence-corrected chi connectivity index (χ4v) is 4.01. The summed E-state index contributed by atoms with van der Waals surface area (Å²) in [5.74, 6) is 0. The number of rotatable bonds is 3. The second-order valence-electron chi connectivity index (χ2n) is 6.40. The number of thiazole rings is 1. The zero-order valence-electron chi connectivity index (χ0n) is 14.0. The Labute approximate surface area is 146 Å². The van der Waals surface area contributed by atoms with E-state index in [1.807, 2.05) is 5.51 Å². The lowest BCUT2D eigenvalue weighted by Crippen LogP contribution is -2.30. The molecule has 0 amide bonds. The Kier molecular flexibility index (Phi) is 4.45. The Morgan fingerprint density at radius 2 is 2.04 bits per heavy atom. The van der Waals surface area contributed by atoms with Gasteiger partial charge < -0.3 is 4.90 Å². The summed E-state index contributed by atoms with van der Waals surface area (Å²) in [5, 5.41) is 3.42. The summed E-state index contributed by atoms with van der Waals surface area (Å²) < 4.78 is 0. The summed E-state index contributed by atoms with van der Waals surface area (Å²) in [4.78, 5) is 14.1. The first-order chi connectivity index (χ1) is 11.8. The van der Waals surface area contributed by atoms with Crippen LogP contribution in [0.25, 0.3) is 10.9 Å². The van der Waals surface area contributed by atoms with Crippen LogP contribution in [0.1, 0.15) is 17.8 Å². The lowest BCUT2D eigenvalue weighted by atomic mass is 10.1. The molecule has 0 spiro atoms. The summed E-state index contributed by atoms with van der Waals surface area (Å²) in [5.41, 5.74) is 6.63. The molecule has 1 fully saturated rings. The molecule has 1 aromatic carbocycles. The number of anilines is 1. The SMILES string of the molecule is Cc1cc(N2CCCN(Cc3cscn3)CC2)c2ccccc2n1. The molecule has 4 rings (SSSR count). The molecule has 0 aliphatic carbocycles. The van der Waals surface area contributed by atoms with Gasteiger partial charge in [0.05, 0.1) is 16.7 Å². The first-order valence-corrected chi connectivity index (χ1v) is 9.44. The number of pyridine rings is 1. The van der Waals surface area contributed by atoms with Gasteiger partial charge in [-0.3, -0.25) is 9.88 Å². The van der Waals surface area contributed by atoms with Crippen LogP contribution in [0, 0.1) is 6.92 Å². The number of fused-ring (bicyclic) bond motifs is 1. The predicted molar refractivity (Wildman–Crippen MR) is 101 cm³/mol. The van der Waals surface area contributed by atoms with E-state index in [1.165, 1.54) is 23.2 Å². The molecule has 0 saturated carbocycles. The average Bonchev–Trinajstić information content (AvgIpc) is 2.99. The van der Waals surface area contributed by atoms with Crippen LogP contribution in [-0.4, -0.2) is 41.0 Å². The standard InChI is InChI=1S/C19H22N4S/c1-15-11-19(17-5-2-3-6-18(17)21-15)23-8-4-7-22(9-10-23)12-16-13-24-14-20-16/h2-3,5-6,11,13-14H,4,7-10,12H2,1H3. The van der Waals surface area contributed by atoms with Crippen LogP contribution in [0.4, 0.5) is 5.69 Å². The summed E-state index contributed by atoms with van der Waals surface area (Å²) in [7, 11) is 0. The Hall–Kier alpha value is -1.98. The quantitative estimate of drug-likeness (QED) is 0.729. The smallest absolute Gasteiger partial charge is 0.0795 e. The maximum atomic E-state index is 4.68. The fourth-order valence-electron chi connectivity index (χ4n) is 3.46. The highest BCUT2D eigenvalue weighted by atomic mass is 32.1. The number of benzene rings is 1. The first kappa shape index (κ1) is 15.5. The highest BCUT2D eigenvalue weighted by Crippen LogP contribution is 2.27. The van der Waals surface area contributed by atoms with E-state index < -0.39 is 0 Å². The number of nitrogens with zero attached hydrogens (tertiary/aromatic N) is 4. The molecule has 124 valence electrons. The number of para-hydroxylation sites is 1. The number of aryl methyl sites for hydroxylation is 1. The Balaban J connectivity index is 1.55. The molecule has 0 N–H and O–H groups in total. The Bertz CT molecular complexity index is 815. The van der Waals surface area contributed by atoms with Gasteiger partial charge in [-0.15, -0.1) is 11.3 Å². The van der Waals surface area contributed by atoms with Crippen molar-refractivity contribution < 1.29 is 0 Å². The molecule has 2 aromatic heterocycles. The van der Waals surface area contributed by atoms with E-state index in [2.05, 4.69) is 62.4 Å². The molecule has 1 saturated heterocycles. The van der Waals surface area contributed by atoms with Gasteiger partial charge in [-0.25, -0.2) is 4.98 Å². The van der Waals surface area contributed by atoms with Gasteiger partial charge in [-0.2, -0.15) is 0 Å². The van der Waals surface area contributed by atoms with E-state index in [1.54, 1.807) is 11.3 Å². The number of hydrogen-bond donors (Lipinski definition) is 0. The largest absolute Gasteiger partial charge is 0.370 e. The van der Waals surface area contributed by atoms with Gasteiger partial charge in [-0.05, 0) is 25.5 Å². The van der Waals surface area contributed by atoms with E-state index in [9.17, 15) is 0 Å². The van der Waals surface area contributed by atoms with Gasteiger partial charge >= 0.3 is 0 Å². The lowest BCUT2D eigenvalue weighted by molar-refractivity contribution is 0.282. The Morgan fingerprint density at radius 3 is 2.92 bits per heavy atom. The van der Waals surface area contributed by atoms with Crippen molar-refractivity contribution in [1.82, 2.24) is 14.9 Å². The van der Waals surface area contributed by atoms with E-state index in [0.717, 1.165) is 43.9 Å². The molecule has 0 bridgehead atoms. The third kappa shape index (κ3) is 3.28. The molecule has 24 heavy (non-hydrogen) atoms. The monoisotopic (exact) mass is 338 g/mol. The molecular weight excluding hydrogens is 316 g/mol. The van der Waals surface area contributed by atoms with Crippen LogP contribution < -0.4 is 4.90 Å². The van der Waals surface area contributed by atoms with E-state index in [-0.39, 0.29) is 0 Å². The molecule has 1 aliphatic rings. The van der Waals surface area contributed by atoms with Crippen LogP contribution in [0.3, 0.4) is 0 Å². The summed E-state index contributed by atoms with van der Waals surface area (Å²) in [6.45, 7) is 7.41. The van der Waals surface area contributed by atoms with Crippen molar-refractivity contribution in [3.05, 3.63) is 52.6 Å². The molecule has 3 heterocycles. The molecule has 3 aromatic rings. The molecule has 4 nitrogen and oxygen atoms in total. The minimum Gasteiger partial charge on any atom is -0.370 e. The second-order valence-corrected chi connectivity index (χ2v) is 7.12. The molecule has 0 radical (unpaired) electrons. The van der Waals surface area contributed by atoms with Gasteiger partial charge in [0.25, 0.3) is 0 Å². The van der Waals surface area contributed by atoms with Crippen LogP contribution >= 0.6 is 11.3 Å². The van der Waals surface area contributed by atoms with Gasteiger partial charge in [0.15, 0.2) is 0 Å². The molecule has 0 atom stereocenters. The maximum Gasteiger partial charge on any atom is 0.0795 e. The Morgan fingerprint density at radius 1 is 1.12 bits per heavy atom. The van der Waals surface area contributed by atoms with Gasteiger partial charge in [0.2, 0.25) is 0 Å². The lowest BCUT2D eigenvalue weighted by Gasteiger charge is -2.25. The van der Waals surface area contributed by atoms with Gasteiger partial charge in [-0.1, -0.05) is 18.2 Å². The minimum absolute atomic E-state index is 0.966. The van der Waals surface area contributed by atoms with E-state index >= 15 is 0 Å². The zero-order chi connectivity index (χ0) is 16.4. The summed E-state index contributed by atoms with van der Waals surface area (Å²) in [6, 6.07) is 10.7. The summed E-state index contributed by atoms with van der Waals surface area (Å²) in [6.07, 6.45) is 1.18. The number of aromatic nitrogens is 2. The van der Waals surface area contributed by atoms with Crippen LogP contribution in [0.2, 0.25) is 0 Å². The van der Waals surface area contributed by atoms with Crippen LogP contribution in [0.15, 0.2) is 41.2 Å². The fraction of sp³-hybridized carbons (Fsp3) is 0.368. The van der Waals surface area contributed by atoms with Crippen molar-refractivity contribution in [2.24, 2.45) is 0 Å². The van der Waals surface area contributed by atoms with Crippen LogP contribution in [-0.2, 0) is 6.54 Å². The maximum absolute atomic E-state index is 4.68. The van der Waals surface area contributed by atoms with Gasteiger partial charge in [0.1, 0.15) is 0 Å². The zero-order valence-corrected chi connectivity index (χ0v) is 14.8. The van der Waals surface area contributed by atoms with Crippen molar-refractivity contribution in [1.29, 1.82) is 0 Å². The first-order valence-electron chi connectivity index (χ1n) is 8.50. The third-order valence-corrected chi connectivity index (χ3v) is 5.26. The van der Waals surface area contributed by atoms with E-state index in [0.29, 0.717) is 0 Å². The molecule has 0 unspecified atom stereocenters. The molecular formula is C19H22N4S. The second kappa shape index (κ2) is 6.87. The topological polar surface area (TPSA) is 32.3 Å². The van der Waals surface area contributed by atoms with E-state index in [4.69, 9.17) is 0 Å². The van der Waals surface area contributed by atoms with Crippen molar-refractivity contribution in [2.75, 3.05) is 31.1 Å². The van der Waals surface area contributed by atoms with Gasteiger partial charge in [0, 0.05) is 54.9 Å². The normalized spacial score (nSPS) is 16.5. The van der Waals surface area contributed by atoms with Crippen molar-refractivity contribution in [3.63, 3.8) is 0 Å². The van der Waals surface area contributed by atoms with Crippen LogP contribution in [0.5, 0.6) is 0 Å². The van der Waals surface area contributed by atoms with Crippen molar-refractivity contribution in [3.8, 4) is 0 Å².